The molecule has 9 heteroatoms. The van der Waals surface area contributed by atoms with E-state index in [4.69, 9.17) is 11.6 Å². The molecule has 0 aliphatic heterocycles. The van der Waals surface area contributed by atoms with Crippen LogP contribution in [0.15, 0.2) is 77.7 Å². The first-order valence-corrected chi connectivity index (χ1v) is 15.9. The molecule has 0 radical (unpaired) electrons. The van der Waals surface area contributed by atoms with Crippen molar-refractivity contribution in [3.63, 3.8) is 0 Å². The summed E-state index contributed by atoms with van der Waals surface area (Å²) in [7, 11) is -4.11. The van der Waals surface area contributed by atoms with E-state index in [0.717, 1.165) is 47.5 Å². The van der Waals surface area contributed by atoms with Crippen LogP contribution in [0.3, 0.4) is 0 Å². The van der Waals surface area contributed by atoms with Gasteiger partial charge in [0.1, 0.15) is 12.6 Å². The van der Waals surface area contributed by atoms with Crippen LogP contribution in [0.25, 0.3) is 0 Å². The van der Waals surface area contributed by atoms with Gasteiger partial charge in [-0.3, -0.25) is 13.9 Å². The Bertz CT molecular complexity index is 1450. The van der Waals surface area contributed by atoms with Crippen LogP contribution in [-0.2, 0) is 26.2 Å². The summed E-state index contributed by atoms with van der Waals surface area (Å²) in [6.45, 7) is 5.02. The Balaban J connectivity index is 1.70. The van der Waals surface area contributed by atoms with Gasteiger partial charge in [0.25, 0.3) is 10.0 Å². The number of aryl methyl sites for hydroxylation is 2. The summed E-state index contributed by atoms with van der Waals surface area (Å²) in [5.41, 5.74) is 2.79. The lowest BCUT2D eigenvalue weighted by molar-refractivity contribution is -0.139. The van der Waals surface area contributed by atoms with Gasteiger partial charge in [-0.15, -0.1) is 0 Å². The zero-order valence-electron chi connectivity index (χ0n) is 23.8. The lowest BCUT2D eigenvalue weighted by Crippen LogP contribution is -2.53. The first-order valence-electron chi connectivity index (χ1n) is 14.1. The molecule has 1 aliphatic carbocycles. The van der Waals surface area contributed by atoms with Crippen LogP contribution in [0.2, 0.25) is 5.02 Å². The molecule has 218 valence electrons. The molecule has 1 saturated carbocycles. The van der Waals surface area contributed by atoms with Gasteiger partial charge in [0.15, 0.2) is 0 Å². The van der Waals surface area contributed by atoms with Crippen LogP contribution in [0.5, 0.6) is 0 Å². The Labute approximate surface area is 248 Å². The fraction of sp³-hybridized carbons (Fsp3) is 0.375. The first kappa shape index (κ1) is 30.6. The van der Waals surface area contributed by atoms with Crippen LogP contribution in [-0.4, -0.2) is 43.8 Å². The largest absolute Gasteiger partial charge is 0.352 e. The van der Waals surface area contributed by atoms with Gasteiger partial charge in [-0.2, -0.15) is 0 Å². The number of halogens is 1. The molecule has 0 bridgehead atoms. The van der Waals surface area contributed by atoms with E-state index in [1.807, 2.05) is 26.0 Å². The number of hydrogen-bond donors (Lipinski definition) is 1. The quantitative estimate of drug-likeness (QED) is 0.311. The third-order valence-electron chi connectivity index (χ3n) is 7.52. The highest BCUT2D eigenvalue weighted by Crippen LogP contribution is 2.27. The molecular formula is C32H38ClN3O4S. The summed E-state index contributed by atoms with van der Waals surface area (Å²) in [5.74, 6) is -0.768. The smallest absolute Gasteiger partial charge is 0.264 e. The minimum atomic E-state index is -4.11. The number of sulfonamides is 1. The molecule has 1 aliphatic rings. The molecular weight excluding hydrogens is 558 g/mol. The second-order valence-electron chi connectivity index (χ2n) is 10.8. The zero-order valence-corrected chi connectivity index (χ0v) is 25.4. The molecule has 1 atom stereocenters. The number of rotatable bonds is 10. The molecule has 3 aromatic rings. The Morgan fingerprint density at radius 3 is 2.17 bits per heavy atom. The number of nitrogens with one attached hydrogen (secondary N) is 1. The molecule has 0 saturated heterocycles. The fourth-order valence-electron chi connectivity index (χ4n) is 5.30. The average Bonchev–Trinajstić information content (AvgIpc) is 2.95. The molecule has 0 spiro atoms. The van der Waals surface area contributed by atoms with Crippen LogP contribution in [0.4, 0.5) is 5.69 Å². The number of hydrogen-bond acceptors (Lipinski definition) is 4. The highest BCUT2D eigenvalue weighted by molar-refractivity contribution is 7.92. The number of benzene rings is 3. The Kier molecular flexibility index (Phi) is 10.1. The molecule has 2 amide bonds. The minimum Gasteiger partial charge on any atom is -0.352 e. The van der Waals surface area contributed by atoms with Crippen molar-refractivity contribution in [1.82, 2.24) is 10.2 Å². The molecule has 4 rings (SSSR count). The predicted octanol–water partition coefficient (Wildman–Crippen LogP) is 6.02. The van der Waals surface area contributed by atoms with Gasteiger partial charge in [-0.25, -0.2) is 8.42 Å². The van der Waals surface area contributed by atoms with Crippen molar-refractivity contribution in [2.24, 2.45) is 0 Å². The number of anilines is 1. The van der Waals surface area contributed by atoms with Gasteiger partial charge in [0.05, 0.1) is 10.6 Å². The van der Waals surface area contributed by atoms with E-state index >= 15 is 0 Å². The maximum absolute atomic E-state index is 14.1. The van der Waals surface area contributed by atoms with Crippen LogP contribution < -0.4 is 9.62 Å². The van der Waals surface area contributed by atoms with E-state index in [1.165, 1.54) is 17.0 Å². The molecule has 0 aromatic heterocycles. The fourth-order valence-corrected chi connectivity index (χ4v) is 6.92. The maximum atomic E-state index is 14.1. The van der Waals surface area contributed by atoms with Gasteiger partial charge in [0.2, 0.25) is 11.8 Å². The number of carbonyl (C=O) groups excluding carboxylic acids is 2. The van der Waals surface area contributed by atoms with Crippen molar-refractivity contribution >= 4 is 39.1 Å². The molecule has 1 N–H and O–H groups in total. The van der Waals surface area contributed by atoms with E-state index in [1.54, 1.807) is 55.5 Å². The van der Waals surface area contributed by atoms with Crippen LogP contribution in [0, 0.1) is 13.8 Å². The summed E-state index contributed by atoms with van der Waals surface area (Å²) in [6.07, 6.45) is 5.09. The summed E-state index contributed by atoms with van der Waals surface area (Å²) in [6, 6.07) is 19.9. The molecule has 41 heavy (non-hydrogen) atoms. The number of nitrogens with zero attached hydrogens (tertiary/aromatic N) is 2. The van der Waals surface area contributed by atoms with Gasteiger partial charge in [-0.05, 0) is 80.6 Å². The summed E-state index contributed by atoms with van der Waals surface area (Å²) < 4.78 is 29.0. The molecule has 1 unspecified atom stereocenters. The van der Waals surface area contributed by atoms with Crippen LogP contribution in [0.1, 0.15) is 55.7 Å². The zero-order chi connectivity index (χ0) is 29.6. The summed E-state index contributed by atoms with van der Waals surface area (Å²) >= 11 is 6.46. The minimum absolute atomic E-state index is 0.0594. The van der Waals surface area contributed by atoms with E-state index in [0.29, 0.717) is 16.3 Å². The van der Waals surface area contributed by atoms with Gasteiger partial charge in [0, 0.05) is 17.6 Å². The van der Waals surface area contributed by atoms with E-state index in [9.17, 15) is 18.0 Å². The Hall–Kier alpha value is -3.36. The third kappa shape index (κ3) is 7.68. The second kappa shape index (κ2) is 13.5. The van der Waals surface area contributed by atoms with E-state index in [2.05, 4.69) is 5.32 Å². The maximum Gasteiger partial charge on any atom is 0.264 e. The normalized spacial score (nSPS) is 14.7. The average molecular weight is 596 g/mol. The molecule has 7 nitrogen and oxygen atoms in total. The molecule has 3 aromatic carbocycles. The van der Waals surface area contributed by atoms with Crippen molar-refractivity contribution in [1.29, 1.82) is 0 Å². The van der Waals surface area contributed by atoms with Crippen molar-refractivity contribution in [2.45, 2.75) is 76.4 Å². The van der Waals surface area contributed by atoms with Gasteiger partial charge >= 0.3 is 0 Å². The van der Waals surface area contributed by atoms with Crippen molar-refractivity contribution in [3.05, 3.63) is 94.5 Å². The lowest BCUT2D eigenvalue weighted by Gasteiger charge is -2.33. The van der Waals surface area contributed by atoms with Crippen molar-refractivity contribution in [3.8, 4) is 0 Å². The third-order valence-corrected chi connectivity index (χ3v) is 9.68. The highest BCUT2D eigenvalue weighted by Gasteiger charge is 2.33. The molecule has 0 heterocycles. The standard InChI is InChI=1S/C32H38ClN3O4S/c1-23-18-24(2)20-28(19-23)36(41(39,40)29-15-8-5-9-16-29)22-31(37)35(21-26-12-10-11-17-30(26)33)25(3)32(38)34-27-13-6-4-7-14-27/h5,8-12,15-20,25,27H,4,6-7,13-14,21-22H2,1-3H3,(H,34,38). The number of carbonyl (C=O) groups is 2. The van der Waals surface area contributed by atoms with Gasteiger partial charge in [-0.1, -0.05) is 73.3 Å². The summed E-state index contributed by atoms with van der Waals surface area (Å²) in [4.78, 5) is 29.1. The van der Waals surface area contributed by atoms with E-state index < -0.39 is 28.5 Å². The number of amides is 2. The molecule has 1 fully saturated rings. The Morgan fingerprint density at radius 1 is 0.927 bits per heavy atom. The van der Waals surface area contributed by atoms with Gasteiger partial charge < -0.3 is 10.2 Å². The SMILES string of the molecule is Cc1cc(C)cc(N(CC(=O)N(Cc2ccccc2Cl)C(C)C(=O)NC2CCCCC2)S(=O)(=O)c2ccccc2)c1. The van der Waals surface area contributed by atoms with E-state index in [-0.39, 0.29) is 23.4 Å². The highest BCUT2D eigenvalue weighted by atomic mass is 35.5. The summed E-state index contributed by atoms with van der Waals surface area (Å²) in [5, 5.41) is 3.58. The Morgan fingerprint density at radius 2 is 1.54 bits per heavy atom. The lowest BCUT2D eigenvalue weighted by atomic mass is 9.95. The van der Waals surface area contributed by atoms with Crippen molar-refractivity contribution in [2.75, 3.05) is 10.8 Å². The topological polar surface area (TPSA) is 86.8 Å². The predicted molar refractivity (Wildman–Crippen MR) is 163 cm³/mol. The first-order chi connectivity index (χ1) is 19.6. The second-order valence-corrected chi connectivity index (χ2v) is 13.1. The monoisotopic (exact) mass is 595 g/mol. The van der Waals surface area contributed by atoms with Crippen LogP contribution >= 0.6 is 11.6 Å². The van der Waals surface area contributed by atoms with Crippen molar-refractivity contribution < 1.29 is 18.0 Å².